The van der Waals surface area contributed by atoms with Crippen LogP contribution >= 0.6 is 0 Å². The lowest BCUT2D eigenvalue weighted by Crippen LogP contribution is -2.29. The lowest BCUT2D eigenvalue weighted by Gasteiger charge is -2.26. The quantitative estimate of drug-likeness (QED) is 0.857. The zero-order valence-corrected chi connectivity index (χ0v) is 11.9. The van der Waals surface area contributed by atoms with Gasteiger partial charge in [-0.3, -0.25) is 0 Å². The van der Waals surface area contributed by atoms with Gasteiger partial charge in [0.1, 0.15) is 23.3 Å². The number of nitrogens with two attached hydrogens (primary N) is 1. The fourth-order valence-corrected chi connectivity index (χ4v) is 2.64. The Bertz CT molecular complexity index is 768. The zero-order chi connectivity index (χ0) is 15.7. The predicted molar refractivity (Wildman–Crippen MR) is 81.7 cm³/mol. The summed E-state index contributed by atoms with van der Waals surface area (Å²) in [5.41, 5.74) is 5.69. The molecule has 0 aromatic carbocycles. The summed E-state index contributed by atoms with van der Waals surface area (Å²) in [6, 6.07) is -0.290. The summed E-state index contributed by atoms with van der Waals surface area (Å²) in [6.45, 7) is 7.52. The van der Waals surface area contributed by atoms with Crippen LogP contribution in [0.1, 0.15) is 12.5 Å². The molecule has 0 bridgehead atoms. The maximum atomic E-state index is 14.4. The van der Waals surface area contributed by atoms with E-state index in [1.807, 2.05) is 0 Å². The van der Waals surface area contributed by atoms with Crippen molar-refractivity contribution in [2.24, 2.45) is 0 Å². The zero-order valence-electron chi connectivity index (χ0n) is 11.9. The van der Waals surface area contributed by atoms with Gasteiger partial charge in [-0.15, -0.1) is 6.58 Å². The van der Waals surface area contributed by atoms with Gasteiger partial charge in [0.15, 0.2) is 11.5 Å². The minimum atomic E-state index is -1.14. The number of hydrogen-bond donors (Lipinski definition) is 1. The molecule has 1 aliphatic carbocycles. The number of nitrogens with zero attached hydrogens (tertiary/aromatic N) is 4. The minimum absolute atomic E-state index is 0.236. The van der Waals surface area contributed by atoms with E-state index in [1.54, 1.807) is 17.0 Å². The number of nitrogen functional groups attached to an aromatic ring is 1. The first-order chi connectivity index (χ1) is 10.6. The SMILES string of the molecule is C=CCOC1(C=C)CC(n2cnc3c(N)ncnc32)C=C1F. The van der Waals surface area contributed by atoms with Gasteiger partial charge in [0.05, 0.1) is 19.0 Å². The van der Waals surface area contributed by atoms with Crippen molar-refractivity contribution < 1.29 is 9.13 Å². The van der Waals surface area contributed by atoms with E-state index in [1.165, 1.54) is 18.5 Å². The number of anilines is 1. The van der Waals surface area contributed by atoms with E-state index >= 15 is 0 Å². The third-order valence-corrected chi connectivity index (χ3v) is 3.79. The molecule has 2 atom stereocenters. The van der Waals surface area contributed by atoms with Crippen molar-refractivity contribution in [3.8, 4) is 0 Å². The fraction of sp³-hybridized carbons (Fsp3) is 0.267. The van der Waals surface area contributed by atoms with E-state index in [0.717, 1.165) is 0 Å². The van der Waals surface area contributed by atoms with Crippen LogP contribution in [0.5, 0.6) is 0 Å². The molecular weight excluding hydrogens is 285 g/mol. The van der Waals surface area contributed by atoms with Crippen LogP contribution in [0.25, 0.3) is 11.2 Å². The third kappa shape index (κ3) is 2.10. The molecular formula is C15H16FN5O. The van der Waals surface area contributed by atoms with Crippen molar-refractivity contribution in [2.75, 3.05) is 12.3 Å². The molecule has 7 heteroatoms. The average molecular weight is 301 g/mol. The monoisotopic (exact) mass is 301 g/mol. The van der Waals surface area contributed by atoms with Gasteiger partial charge < -0.3 is 15.0 Å². The molecule has 114 valence electrons. The second kappa shape index (κ2) is 5.34. The van der Waals surface area contributed by atoms with Crippen LogP contribution in [-0.4, -0.2) is 31.7 Å². The maximum Gasteiger partial charge on any atom is 0.165 e. The van der Waals surface area contributed by atoms with E-state index in [2.05, 4.69) is 28.1 Å². The van der Waals surface area contributed by atoms with Crippen LogP contribution in [0, 0.1) is 0 Å². The summed E-state index contributed by atoms with van der Waals surface area (Å²) >= 11 is 0. The molecule has 2 heterocycles. The standard InChI is InChI=1S/C15H16FN5O/c1-3-5-22-15(4-2)7-10(6-11(15)16)21-9-20-12-13(17)18-8-19-14(12)21/h3-4,6,8-10H,1-2,5,7H2,(H2,17,18,19). The third-order valence-electron chi connectivity index (χ3n) is 3.79. The Morgan fingerprint density at radius 3 is 3.00 bits per heavy atom. The van der Waals surface area contributed by atoms with Gasteiger partial charge in [-0.25, -0.2) is 19.3 Å². The lowest BCUT2D eigenvalue weighted by atomic mass is 10.0. The predicted octanol–water partition coefficient (Wildman–Crippen LogP) is 2.33. The Hall–Kier alpha value is -2.54. The van der Waals surface area contributed by atoms with Gasteiger partial charge >= 0.3 is 0 Å². The van der Waals surface area contributed by atoms with Crippen LogP contribution in [0.2, 0.25) is 0 Å². The highest BCUT2D eigenvalue weighted by Crippen LogP contribution is 2.42. The molecule has 0 fully saturated rings. The molecule has 6 nitrogen and oxygen atoms in total. The van der Waals surface area contributed by atoms with Crippen LogP contribution in [0.15, 0.2) is 49.9 Å². The molecule has 0 spiro atoms. The van der Waals surface area contributed by atoms with E-state index < -0.39 is 5.60 Å². The first-order valence-electron chi connectivity index (χ1n) is 6.80. The van der Waals surface area contributed by atoms with E-state index in [0.29, 0.717) is 23.4 Å². The normalized spacial score (nSPS) is 24.4. The smallest absolute Gasteiger partial charge is 0.165 e. The molecule has 0 saturated carbocycles. The Morgan fingerprint density at radius 1 is 1.45 bits per heavy atom. The molecule has 0 saturated heterocycles. The Labute approximate surface area is 126 Å². The Morgan fingerprint density at radius 2 is 2.27 bits per heavy atom. The molecule has 2 aromatic heterocycles. The second-order valence-electron chi connectivity index (χ2n) is 5.06. The van der Waals surface area contributed by atoms with E-state index in [-0.39, 0.29) is 18.5 Å². The lowest BCUT2D eigenvalue weighted by molar-refractivity contribution is 0.0190. The molecule has 1 aliphatic rings. The van der Waals surface area contributed by atoms with Gasteiger partial charge in [-0.2, -0.15) is 0 Å². The highest BCUT2D eigenvalue weighted by Gasteiger charge is 2.42. The van der Waals surface area contributed by atoms with Gasteiger partial charge in [0.2, 0.25) is 0 Å². The first-order valence-corrected chi connectivity index (χ1v) is 6.80. The molecule has 2 aromatic rings. The number of fused-ring (bicyclic) bond motifs is 1. The summed E-state index contributed by atoms with van der Waals surface area (Å²) in [4.78, 5) is 12.3. The van der Waals surface area contributed by atoms with Crippen LogP contribution in [0.4, 0.5) is 10.2 Å². The summed E-state index contributed by atoms with van der Waals surface area (Å²) in [5.74, 6) is -0.0812. The maximum absolute atomic E-state index is 14.4. The molecule has 2 unspecified atom stereocenters. The second-order valence-corrected chi connectivity index (χ2v) is 5.06. The van der Waals surface area contributed by atoms with Crippen molar-refractivity contribution >= 4 is 17.0 Å². The van der Waals surface area contributed by atoms with Crippen molar-refractivity contribution in [1.29, 1.82) is 0 Å². The van der Waals surface area contributed by atoms with Crippen LogP contribution in [-0.2, 0) is 4.74 Å². The molecule has 0 amide bonds. The molecule has 0 radical (unpaired) electrons. The highest BCUT2D eigenvalue weighted by atomic mass is 19.1. The Kier molecular flexibility index (Phi) is 3.50. The number of halogens is 1. The number of rotatable bonds is 5. The van der Waals surface area contributed by atoms with Gasteiger partial charge in [0, 0.05) is 6.42 Å². The molecule has 2 N–H and O–H groups in total. The van der Waals surface area contributed by atoms with Crippen LogP contribution < -0.4 is 5.73 Å². The van der Waals surface area contributed by atoms with Crippen molar-refractivity contribution in [2.45, 2.75) is 18.1 Å². The molecule has 0 aliphatic heterocycles. The molecule has 3 rings (SSSR count). The average Bonchev–Trinajstić information content (AvgIpc) is 3.08. The van der Waals surface area contributed by atoms with E-state index in [9.17, 15) is 4.39 Å². The summed E-state index contributed by atoms with van der Waals surface area (Å²) in [7, 11) is 0. The first kappa shape index (κ1) is 14.4. The summed E-state index contributed by atoms with van der Waals surface area (Å²) < 4.78 is 21.8. The molecule has 22 heavy (non-hydrogen) atoms. The largest absolute Gasteiger partial charge is 0.382 e. The van der Waals surface area contributed by atoms with Gasteiger partial charge in [-0.1, -0.05) is 18.7 Å². The minimum Gasteiger partial charge on any atom is -0.382 e. The number of aromatic nitrogens is 4. The number of allylic oxidation sites excluding steroid dienone is 1. The number of ether oxygens (including phenoxy) is 1. The fourth-order valence-electron chi connectivity index (χ4n) is 2.64. The summed E-state index contributed by atoms with van der Waals surface area (Å²) in [5, 5.41) is 0. The van der Waals surface area contributed by atoms with Crippen LogP contribution in [0.3, 0.4) is 0 Å². The number of imidazole rings is 1. The van der Waals surface area contributed by atoms with Gasteiger partial charge in [0.25, 0.3) is 0 Å². The Balaban J connectivity index is 1.98. The summed E-state index contributed by atoms with van der Waals surface area (Å²) in [6.07, 6.45) is 7.85. The van der Waals surface area contributed by atoms with Crippen molar-refractivity contribution in [3.63, 3.8) is 0 Å². The van der Waals surface area contributed by atoms with Crippen molar-refractivity contribution in [1.82, 2.24) is 19.5 Å². The van der Waals surface area contributed by atoms with Gasteiger partial charge in [-0.05, 0) is 6.08 Å². The number of hydrogen-bond acceptors (Lipinski definition) is 5. The van der Waals surface area contributed by atoms with Crippen molar-refractivity contribution in [3.05, 3.63) is 49.9 Å². The highest BCUT2D eigenvalue weighted by molar-refractivity contribution is 5.81. The topological polar surface area (TPSA) is 78.9 Å². The van der Waals surface area contributed by atoms with E-state index in [4.69, 9.17) is 10.5 Å².